The molecule has 0 atom stereocenters. The summed E-state index contributed by atoms with van der Waals surface area (Å²) in [7, 11) is 0. The lowest BCUT2D eigenvalue weighted by atomic mass is 9.99. The third-order valence-corrected chi connectivity index (χ3v) is 5.20. The van der Waals surface area contributed by atoms with Crippen LogP contribution in [-0.2, 0) is 11.2 Å². The molecule has 0 bridgehead atoms. The number of aryl methyl sites for hydroxylation is 1. The van der Waals surface area contributed by atoms with Crippen LogP contribution in [0.1, 0.15) is 34.0 Å². The second kappa shape index (κ2) is 10.1. The van der Waals surface area contributed by atoms with Gasteiger partial charge in [0.05, 0.1) is 0 Å². The fourth-order valence-corrected chi connectivity index (χ4v) is 3.46. The summed E-state index contributed by atoms with van der Waals surface area (Å²) >= 11 is 6.03. The molecule has 3 aromatic carbocycles. The van der Waals surface area contributed by atoms with Gasteiger partial charge in [0.2, 0.25) is 5.91 Å². The summed E-state index contributed by atoms with van der Waals surface area (Å²) in [6.45, 7) is 4.17. The van der Waals surface area contributed by atoms with E-state index in [2.05, 4.69) is 5.32 Å². The first kappa shape index (κ1) is 21.6. The number of rotatable bonds is 7. The number of anilines is 1. The zero-order valence-electron chi connectivity index (χ0n) is 17.2. The summed E-state index contributed by atoms with van der Waals surface area (Å²) in [4.78, 5) is 27.4. The number of benzene rings is 3. The predicted octanol–water partition coefficient (Wildman–Crippen LogP) is 5.34. The van der Waals surface area contributed by atoms with Crippen LogP contribution in [0.4, 0.5) is 5.69 Å². The fourth-order valence-electron chi connectivity index (χ4n) is 3.29. The Kier molecular flexibility index (Phi) is 7.26. The molecule has 4 nitrogen and oxygen atoms in total. The molecule has 0 radical (unpaired) electrons. The van der Waals surface area contributed by atoms with Gasteiger partial charge in [0.25, 0.3) is 5.91 Å². The van der Waals surface area contributed by atoms with Crippen LogP contribution in [0.5, 0.6) is 0 Å². The first-order valence-corrected chi connectivity index (χ1v) is 10.3. The molecule has 0 aliphatic rings. The van der Waals surface area contributed by atoms with Gasteiger partial charge in [-0.05, 0) is 55.2 Å². The summed E-state index contributed by atoms with van der Waals surface area (Å²) in [6, 6.07) is 22.9. The van der Waals surface area contributed by atoms with E-state index in [-0.39, 0.29) is 18.4 Å². The second-order valence-electron chi connectivity index (χ2n) is 7.15. The first-order valence-electron chi connectivity index (χ1n) is 9.95. The van der Waals surface area contributed by atoms with E-state index in [9.17, 15) is 9.59 Å². The number of carbonyl (C=O) groups excluding carboxylic acids is 2. The highest BCUT2D eigenvalue weighted by atomic mass is 35.5. The second-order valence-corrected chi connectivity index (χ2v) is 7.58. The Morgan fingerprint density at radius 3 is 2.40 bits per heavy atom. The molecule has 1 N–H and O–H groups in total. The minimum absolute atomic E-state index is 0.0268. The number of nitrogens with zero attached hydrogens (tertiary/aromatic N) is 1. The summed E-state index contributed by atoms with van der Waals surface area (Å²) in [5.74, 6) is -0.405. The minimum atomic E-state index is -0.254. The van der Waals surface area contributed by atoms with Crippen molar-refractivity contribution in [2.45, 2.75) is 20.3 Å². The highest BCUT2D eigenvalue weighted by Gasteiger charge is 2.20. The van der Waals surface area contributed by atoms with Gasteiger partial charge in [0.15, 0.2) is 0 Å². The van der Waals surface area contributed by atoms with E-state index in [0.717, 1.165) is 16.7 Å². The molecule has 0 spiro atoms. The van der Waals surface area contributed by atoms with E-state index in [4.69, 9.17) is 11.6 Å². The van der Waals surface area contributed by atoms with Crippen molar-refractivity contribution >= 4 is 29.1 Å². The number of carbonyl (C=O) groups is 2. The third kappa shape index (κ3) is 5.49. The minimum Gasteiger partial charge on any atom is -0.330 e. The molecule has 0 saturated heterocycles. The Hall–Kier alpha value is -3.11. The Labute approximate surface area is 182 Å². The highest BCUT2D eigenvalue weighted by molar-refractivity contribution is 6.31. The topological polar surface area (TPSA) is 49.4 Å². The summed E-state index contributed by atoms with van der Waals surface area (Å²) in [5.41, 5.74) is 4.26. The largest absolute Gasteiger partial charge is 0.330 e. The van der Waals surface area contributed by atoms with Gasteiger partial charge in [0, 0.05) is 22.8 Å². The van der Waals surface area contributed by atoms with Crippen LogP contribution >= 0.6 is 11.6 Å². The summed E-state index contributed by atoms with van der Waals surface area (Å²) in [5, 5.41) is 3.41. The molecule has 3 rings (SSSR count). The van der Waals surface area contributed by atoms with Crippen molar-refractivity contribution in [3.05, 3.63) is 100 Å². The summed E-state index contributed by atoms with van der Waals surface area (Å²) < 4.78 is 0. The summed E-state index contributed by atoms with van der Waals surface area (Å²) in [6.07, 6.45) is 0.661. The molecule has 154 valence electrons. The first-order chi connectivity index (χ1) is 14.5. The van der Waals surface area contributed by atoms with Crippen LogP contribution in [0.2, 0.25) is 5.02 Å². The quantitative estimate of drug-likeness (QED) is 0.560. The lowest BCUT2D eigenvalue weighted by Gasteiger charge is -2.22. The lowest BCUT2D eigenvalue weighted by Crippen LogP contribution is -2.38. The van der Waals surface area contributed by atoms with Gasteiger partial charge in [-0.15, -0.1) is 0 Å². The van der Waals surface area contributed by atoms with Gasteiger partial charge >= 0.3 is 0 Å². The van der Waals surface area contributed by atoms with Gasteiger partial charge in [-0.25, -0.2) is 0 Å². The maximum atomic E-state index is 13.2. The highest BCUT2D eigenvalue weighted by Crippen LogP contribution is 2.20. The molecule has 5 heteroatoms. The molecular formula is C25H25ClN2O2. The zero-order chi connectivity index (χ0) is 21.5. The normalized spacial score (nSPS) is 10.5. The van der Waals surface area contributed by atoms with E-state index in [1.165, 1.54) is 0 Å². The van der Waals surface area contributed by atoms with Crippen molar-refractivity contribution in [3.63, 3.8) is 0 Å². The van der Waals surface area contributed by atoms with Crippen LogP contribution in [0, 0.1) is 6.92 Å². The van der Waals surface area contributed by atoms with Crippen LogP contribution in [0.25, 0.3) is 0 Å². The molecule has 0 heterocycles. The van der Waals surface area contributed by atoms with E-state index in [1.807, 2.05) is 74.5 Å². The van der Waals surface area contributed by atoms with Crippen molar-refractivity contribution in [1.29, 1.82) is 0 Å². The predicted molar refractivity (Wildman–Crippen MR) is 122 cm³/mol. The van der Waals surface area contributed by atoms with Crippen molar-refractivity contribution < 1.29 is 9.59 Å². The molecule has 3 aromatic rings. The molecule has 0 aliphatic carbocycles. The van der Waals surface area contributed by atoms with E-state index in [1.54, 1.807) is 17.0 Å². The van der Waals surface area contributed by atoms with E-state index >= 15 is 0 Å². The number of nitrogens with one attached hydrogen (secondary N) is 1. The van der Waals surface area contributed by atoms with Crippen molar-refractivity contribution in [2.24, 2.45) is 0 Å². The Morgan fingerprint density at radius 2 is 1.67 bits per heavy atom. The maximum Gasteiger partial charge on any atom is 0.254 e. The van der Waals surface area contributed by atoms with E-state index < -0.39 is 0 Å². The Balaban J connectivity index is 1.75. The van der Waals surface area contributed by atoms with Crippen LogP contribution in [0.3, 0.4) is 0 Å². The van der Waals surface area contributed by atoms with Gasteiger partial charge in [-0.3, -0.25) is 9.59 Å². The Bertz CT molecular complexity index is 1030. The van der Waals surface area contributed by atoms with Crippen LogP contribution in [-0.4, -0.2) is 29.8 Å². The third-order valence-electron chi connectivity index (χ3n) is 4.96. The van der Waals surface area contributed by atoms with Crippen molar-refractivity contribution in [2.75, 3.05) is 18.4 Å². The molecule has 0 saturated carbocycles. The van der Waals surface area contributed by atoms with Gasteiger partial charge in [-0.1, -0.05) is 66.2 Å². The molecule has 0 aliphatic heterocycles. The van der Waals surface area contributed by atoms with Crippen LogP contribution < -0.4 is 5.32 Å². The monoisotopic (exact) mass is 420 g/mol. The van der Waals surface area contributed by atoms with Crippen molar-refractivity contribution in [3.8, 4) is 0 Å². The van der Waals surface area contributed by atoms with Crippen LogP contribution in [0.15, 0.2) is 72.8 Å². The number of amides is 2. The smallest absolute Gasteiger partial charge is 0.254 e. The number of hydrogen-bond donors (Lipinski definition) is 1. The number of likely N-dealkylation sites (N-methyl/N-ethyl adjacent to an activating group) is 1. The fraction of sp³-hybridized carbons (Fsp3) is 0.200. The molecule has 0 aromatic heterocycles. The molecule has 2 amide bonds. The SMILES string of the molecule is CCN(CC(=O)Nc1cc(Cl)ccc1C)C(=O)c1ccccc1Cc1ccccc1. The molecule has 30 heavy (non-hydrogen) atoms. The van der Waals surface area contributed by atoms with Gasteiger partial charge < -0.3 is 10.2 Å². The molecule has 0 unspecified atom stereocenters. The van der Waals surface area contributed by atoms with E-state index in [0.29, 0.717) is 29.2 Å². The standard InChI is InChI=1S/C25H25ClN2O2/c1-3-28(17-24(29)27-23-16-21(26)14-13-18(23)2)25(30)22-12-8-7-11-20(22)15-19-9-5-4-6-10-19/h4-14,16H,3,15,17H2,1-2H3,(H,27,29). The maximum absolute atomic E-state index is 13.2. The van der Waals surface area contributed by atoms with Crippen molar-refractivity contribution in [1.82, 2.24) is 4.90 Å². The Morgan fingerprint density at radius 1 is 0.967 bits per heavy atom. The number of halogens is 1. The van der Waals surface area contributed by atoms with Gasteiger partial charge in [0.1, 0.15) is 6.54 Å². The molecular weight excluding hydrogens is 396 g/mol. The average Bonchev–Trinajstić information content (AvgIpc) is 2.75. The zero-order valence-corrected chi connectivity index (χ0v) is 17.9. The molecule has 0 fully saturated rings. The average molecular weight is 421 g/mol. The number of hydrogen-bond acceptors (Lipinski definition) is 2. The van der Waals surface area contributed by atoms with Gasteiger partial charge in [-0.2, -0.15) is 0 Å². The lowest BCUT2D eigenvalue weighted by molar-refractivity contribution is -0.116.